The summed E-state index contributed by atoms with van der Waals surface area (Å²) in [5, 5.41) is 2.97. The lowest BCUT2D eigenvalue weighted by Crippen LogP contribution is -2.44. The van der Waals surface area contributed by atoms with Crippen LogP contribution in [0.25, 0.3) is 0 Å². The molecule has 2 heterocycles. The molecule has 1 N–H and O–H groups in total. The third-order valence-corrected chi connectivity index (χ3v) is 4.99. The molecule has 26 heavy (non-hydrogen) atoms. The van der Waals surface area contributed by atoms with Crippen LogP contribution in [-0.2, 0) is 20.7 Å². The highest BCUT2D eigenvalue weighted by atomic mass is 19.1. The highest BCUT2D eigenvalue weighted by Crippen LogP contribution is 2.17. The predicted molar refractivity (Wildman–Crippen MR) is 97.5 cm³/mol. The van der Waals surface area contributed by atoms with Gasteiger partial charge in [-0.25, -0.2) is 4.39 Å². The van der Waals surface area contributed by atoms with Crippen molar-refractivity contribution in [3.05, 3.63) is 35.6 Å². The number of halogens is 1. The normalized spacial score (nSPS) is 22.8. The number of nitrogens with zero attached hydrogens (tertiary/aromatic N) is 1. The Labute approximate surface area is 154 Å². The zero-order chi connectivity index (χ0) is 18.2. The van der Waals surface area contributed by atoms with E-state index in [1.165, 1.54) is 12.1 Å². The van der Waals surface area contributed by atoms with E-state index in [-0.39, 0.29) is 23.9 Å². The highest BCUT2D eigenvalue weighted by molar-refractivity contribution is 5.78. The van der Waals surface area contributed by atoms with Crippen LogP contribution >= 0.6 is 0 Å². The number of carbonyl (C=O) groups excluding carboxylic acids is 1. The zero-order valence-corrected chi connectivity index (χ0v) is 15.3. The first-order valence-corrected chi connectivity index (χ1v) is 9.66. The molecule has 1 aromatic rings. The van der Waals surface area contributed by atoms with E-state index in [4.69, 9.17) is 9.47 Å². The molecule has 1 amide bonds. The molecule has 0 aliphatic carbocycles. The van der Waals surface area contributed by atoms with Gasteiger partial charge < -0.3 is 14.8 Å². The number of nitrogens with one attached hydrogen (secondary N) is 1. The Bertz CT molecular complexity index is 537. The van der Waals surface area contributed by atoms with Crippen LogP contribution in [0.2, 0.25) is 0 Å². The fraction of sp³-hybridized carbons (Fsp3) is 0.650. The highest BCUT2D eigenvalue weighted by Gasteiger charge is 2.25. The zero-order valence-electron chi connectivity index (χ0n) is 15.3. The van der Waals surface area contributed by atoms with Crippen molar-refractivity contribution in [2.75, 3.05) is 39.4 Å². The first kappa shape index (κ1) is 19.3. The summed E-state index contributed by atoms with van der Waals surface area (Å²) in [4.78, 5) is 14.5. The molecule has 1 aromatic carbocycles. The second-order valence-electron chi connectivity index (χ2n) is 7.19. The summed E-state index contributed by atoms with van der Waals surface area (Å²) in [5.41, 5.74) is 1.02. The van der Waals surface area contributed by atoms with Gasteiger partial charge in [0.2, 0.25) is 5.91 Å². The van der Waals surface area contributed by atoms with Crippen molar-refractivity contribution >= 4 is 5.91 Å². The molecule has 2 fully saturated rings. The van der Waals surface area contributed by atoms with E-state index < -0.39 is 0 Å². The van der Waals surface area contributed by atoms with Crippen LogP contribution in [0.15, 0.2) is 24.3 Å². The molecule has 0 saturated carbocycles. The molecule has 144 valence electrons. The number of amides is 1. The Morgan fingerprint density at radius 1 is 1.08 bits per heavy atom. The Morgan fingerprint density at radius 3 is 2.23 bits per heavy atom. The second-order valence-corrected chi connectivity index (χ2v) is 7.19. The van der Waals surface area contributed by atoms with Gasteiger partial charge in [0.25, 0.3) is 0 Å². The van der Waals surface area contributed by atoms with Gasteiger partial charge in [0.05, 0.1) is 18.8 Å². The molecule has 5 nitrogen and oxygen atoms in total. The number of hydrogen-bond donors (Lipinski definition) is 1. The van der Waals surface area contributed by atoms with Crippen LogP contribution in [0.5, 0.6) is 0 Å². The van der Waals surface area contributed by atoms with Crippen molar-refractivity contribution in [1.82, 2.24) is 10.2 Å². The maximum absolute atomic E-state index is 12.9. The van der Waals surface area contributed by atoms with Gasteiger partial charge in [0.15, 0.2) is 0 Å². The Morgan fingerprint density at radius 2 is 1.69 bits per heavy atom. The molecule has 6 heteroatoms. The minimum atomic E-state index is -0.239. The van der Waals surface area contributed by atoms with Crippen LogP contribution in [0.4, 0.5) is 4.39 Å². The van der Waals surface area contributed by atoms with E-state index in [9.17, 15) is 9.18 Å². The fourth-order valence-electron chi connectivity index (χ4n) is 3.61. The van der Waals surface area contributed by atoms with E-state index >= 15 is 0 Å². The van der Waals surface area contributed by atoms with Crippen molar-refractivity contribution < 1.29 is 18.7 Å². The maximum atomic E-state index is 12.9. The molecular formula is C20H29FN2O3. The third kappa shape index (κ3) is 6.34. The lowest BCUT2D eigenvalue weighted by molar-refractivity contribution is -0.122. The summed E-state index contributed by atoms with van der Waals surface area (Å²) in [6.45, 7) is 4.13. The van der Waals surface area contributed by atoms with Gasteiger partial charge in [-0.1, -0.05) is 12.1 Å². The first-order valence-electron chi connectivity index (χ1n) is 9.66. The standard InChI is InChI=1S/C20H29FN2O3/c21-17-7-5-16(6-8-17)9-10-22-20(24)15-23(13-18-3-1-11-25-18)14-19-4-2-12-26-19/h5-8,18-19H,1-4,9-15H2,(H,22,24). The molecule has 2 aliphatic rings. The summed E-state index contributed by atoms with van der Waals surface area (Å²) in [6, 6.07) is 6.40. The topological polar surface area (TPSA) is 50.8 Å². The van der Waals surface area contributed by atoms with Gasteiger partial charge in [-0.15, -0.1) is 0 Å². The number of hydrogen-bond acceptors (Lipinski definition) is 4. The summed E-state index contributed by atoms with van der Waals surface area (Å²) < 4.78 is 24.4. The molecule has 2 aliphatic heterocycles. The average molecular weight is 364 g/mol. The molecular weight excluding hydrogens is 335 g/mol. The lowest BCUT2D eigenvalue weighted by atomic mass is 10.1. The van der Waals surface area contributed by atoms with E-state index in [1.54, 1.807) is 12.1 Å². The maximum Gasteiger partial charge on any atom is 0.234 e. The van der Waals surface area contributed by atoms with Gasteiger partial charge in [-0.3, -0.25) is 9.69 Å². The molecule has 0 radical (unpaired) electrons. The Balaban J connectivity index is 1.43. The van der Waals surface area contributed by atoms with Gasteiger partial charge in [-0.2, -0.15) is 0 Å². The first-order chi connectivity index (χ1) is 12.7. The number of rotatable bonds is 9. The number of ether oxygens (including phenoxy) is 2. The third-order valence-electron chi connectivity index (χ3n) is 4.99. The monoisotopic (exact) mass is 364 g/mol. The van der Waals surface area contributed by atoms with E-state index in [1.807, 2.05) is 0 Å². The quantitative estimate of drug-likeness (QED) is 0.729. The van der Waals surface area contributed by atoms with Crippen molar-refractivity contribution in [3.8, 4) is 0 Å². The van der Waals surface area contributed by atoms with Crippen LogP contribution in [0, 0.1) is 5.82 Å². The summed E-state index contributed by atoms with van der Waals surface area (Å²) in [5.74, 6) is -0.222. The summed E-state index contributed by atoms with van der Waals surface area (Å²) in [6.07, 6.45) is 5.48. The van der Waals surface area contributed by atoms with Gasteiger partial charge in [-0.05, 0) is 49.8 Å². The van der Waals surface area contributed by atoms with Gasteiger partial charge in [0, 0.05) is 32.8 Å². The van der Waals surface area contributed by atoms with E-state index in [2.05, 4.69) is 10.2 Å². The SMILES string of the molecule is O=C(CN(CC1CCCO1)CC1CCCO1)NCCc1ccc(F)cc1. The van der Waals surface area contributed by atoms with Crippen LogP contribution in [0.3, 0.4) is 0 Å². The molecule has 2 saturated heterocycles. The fourth-order valence-corrected chi connectivity index (χ4v) is 3.61. The minimum Gasteiger partial charge on any atom is -0.377 e. The minimum absolute atomic E-state index is 0.0168. The average Bonchev–Trinajstić information content (AvgIpc) is 3.31. The van der Waals surface area contributed by atoms with Crippen LogP contribution < -0.4 is 5.32 Å². The van der Waals surface area contributed by atoms with E-state index in [0.717, 1.165) is 57.6 Å². The molecule has 0 bridgehead atoms. The molecule has 2 unspecified atom stereocenters. The number of carbonyl (C=O) groups is 1. The van der Waals surface area contributed by atoms with Crippen molar-refractivity contribution in [3.63, 3.8) is 0 Å². The smallest absolute Gasteiger partial charge is 0.234 e. The van der Waals surface area contributed by atoms with Gasteiger partial charge in [0.1, 0.15) is 5.82 Å². The predicted octanol–water partition coefficient (Wildman–Crippen LogP) is 2.14. The second kappa shape index (κ2) is 10.00. The van der Waals surface area contributed by atoms with E-state index in [0.29, 0.717) is 19.5 Å². The Hall–Kier alpha value is -1.50. The molecule has 2 atom stereocenters. The van der Waals surface area contributed by atoms with Crippen molar-refractivity contribution in [1.29, 1.82) is 0 Å². The lowest BCUT2D eigenvalue weighted by Gasteiger charge is -2.27. The van der Waals surface area contributed by atoms with Crippen molar-refractivity contribution in [2.45, 2.75) is 44.3 Å². The van der Waals surface area contributed by atoms with Gasteiger partial charge >= 0.3 is 0 Å². The Kier molecular flexibility index (Phi) is 7.41. The summed E-state index contributed by atoms with van der Waals surface area (Å²) >= 11 is 0. The van der Waals surface area contributed by atoms with Crippen LogP contribution in [0.1, 0.15) is 31.2 Å². The largest absolute Gasteiger partial charge is 0.377 e. The number of benzene rings is 1. The molecule has 0 spiro atoms. The van der Waals surface area contributed by atoms with Crippen LogP contribution in [-0.4, -0.2) is 62.4 Å². The molecule has 0 aromatic heterocycles. The molecule has 3 rings (SSSR count). The summed E-state index contributed by atoms with van der Waals surface area (Å²) in [7, 11) is 0. The van der Waals surface area contributed by atoms with Crippen molar-refractivity contribution in [2.24, 2.45) is 0 Å².